The molecule has 0 amide bonds. The van der Waals surface area contributed by atoms with Crippen LogP contribution in [0.15, 0.2) is 48.1 Å². The Morgan fingerprint density at radius 3 is 3.07 bits per heavy atom. The quantitative estimate of drug-likeness (QED) is 0.286. The first-order chi connectivity index (χ1) is 13.7. The van der Waals surface area contributed by atoms with Gasteiger partial charge in [-0.1, -0.05) is 44.6 Å². The molecule has 0 bridgehead atoms. The highest BCUT2D eigenvalue weighted by atomic mass is 16.5. The van der Waals surface area contributed by atoms with Crippen LogP contribution in [0, 0.1) is 0 Å². The first-order valence-corrected chi connectivity index (χ1v) is 11.0. The summed E-state index contributed by atoms with van der Waals surface area (Å²) >= 11 is 0. The predicted molar refractivity (Wildman–Crippen MR) is 120 cm³/mol. The van der Waals surface area contributed by atoms with Crippen LogP contribution in [0.2, 0.25) is 0 Å². The van der Waals surface area contributed by atoms with E-state index < -0.39 is 0 Å². The Hall–Kier alpha value is -1.87. The van der Waals surface area contributed by atoms with Crippen LogP contribution in [0.3, 0.4) is 0 Å². The minimum Gasteiger partial charge on any atom is -0.493 e. The number of nitrogens with zero attached hydrogens (tertiary/aromatic N) is 2. The SMILES string of the molecule is C=C/C=C\N=C(C)CCC1CC(c2ccc3c(c2)CCO3)CN1CCCCC. The summed E-state index contributed by atoms with van der Waals surface area (Å²) in [5.41, 5.74) is 4.12. The number of likely N-dealkylation sites (tertiary alicyclic amines) is 1. The molecule has 3 nitrogen and oxygen atoms in total. The third-order valence-electron chi connectivity index (χ3n) is 6.12. The van der Waals surface area contributed by atoms with Gasteiger partial charge in [0.15, 0.2) is 0 Å². The van der Waals surface area contributed by atoms with Gasteiger partial charge < -0.3 is 4.74 Å². The molecule has 3 rings (SSSR count). The molecule has 3 heteroatoms. The van der Waals surface area contributed by atoms with Gasteiger partial charge in [0.1, 0.15) is 5.75 Å². The molecule has 152 valence electrons. The lowest BCUT2D eigenvalue weighted by Crippen LogP contribution is -2.30. The molecule has 2 unspecified atom stereocenters. The van der Waals surface area contributed by atoms with Crippen LogP contribution in [-0.4, -0.2) is 36.3 Å². The zero-order valence-electron chi connectivity index (χ0n) is 17.7. The van der Waals surface area contributed by atoms with Crippen LogP contribution < -0.4 is 4.74 Å². The van der Waals surface area contributed by atoms with Gasteiger partial charge in [-0.05, 0) is 68.3 Å². The second-order valence-electron chi connectivity index (χ2n) is 8.23. The van der Waals surface area contributed by atoms with E-state index in [4.69, 9.17) is 4.74 Å². The van der Waals surface area contributed by atoms with Crippen LogP contribution in [-0.2, 0) is 6.42 Å². The molecule has 0 radical (unpaired) electrons. The highest BCUT2D eigenvalue weighted by molar-refractivity contribution is 5.82. The number of rotatable bonds is 10. The smallest absolute Gasteiger partial charge is 0.122 e. The normalized spacial score (nSPS) is 22.6. The number of aliphatic imine (C=N–C) groups is 1. The lowest BCUT2D eigenvalue weighted by molar-refractivity contribution is 0.239. The standard InChI is InChI=1S/C25H36N2O/c1-4-6-8-15-27-19-23(21-10-12-25-22(17-21)13-16-28-25)18-24(27)11-9-20(3)26-14-7-5-2/h5,7,10,12,14,17,23-24H,2,4,6,8-9,11,13,15-16,18-19H2,1,3H3/b14-7-,26-20?. The van der Waals surface area contributed by atoms with E-state index in [1.54, 1.807) is 6.08 Å². The summed E-state index contributed by atoms with van der Waals surface area (Å²) in [6.45, 7) is 11.4. The van der Waals surface area contributed by atoms with Gasteiger partial charge >= 0.3 is 0 Å². The molecule has 1 aromatic carbocycles. The fourth-order valence-corrected chi connectivity index (χ4v) is 4.50. The van der Waals surface area contributed by atoms with Gasteiger partial charge in [0.2, 0.25) is 0 Å². The summed E-state index contributed by atoms with van der Waals surface area (Å²) in [5.74, 6) is 1.74. The van der Waals surface area contributed by atoms with E-state index >= 15 is 0 Å². The number of hydrogen-bond donors (Lipinski definition) is 0. The zero-order valence-corrected chi connectivity index (χ0v) is 17.7. The Labute approximate surface area is 171 Å². The molecule has 2 aliphatic rings. The Morgan fingerprint density at radius 1 is 1.36 bits per heavy atom. The zero-order chi connectivity index (χ0) is 19.8. The van der Waals surface area contributed by atoms with Gasteiger partial charge in [0, 0.05) is 30.9 Å². The van der Waals surface area contributed by atoms with E-state index in [0.717, 1.165) is 25.2 Å². The molecule has 0 aromatic heterocycles. The number of benzene rings is 1. The summed E-state index contributed by atoms with van der Waals surface area (Å²) in [7, 11) is 0. The van der Waals surface area contributed by atoms with Crippen molar-refractivity contribution in [2.75, 3.05) is 19.7 Å². The van der Waals surface area contributed by atoms with Crippen molar-refractivity contribution >= 4 is 5.71 Å². The van der Waals surface area contributed by atoms with Crippen molar-refractivity contribution < 1.29 is 4.74 Å². The van der Waals surface area contributed by atoms with Gasteiger partial charge in [-0.15, -0.1) is 0 Å². The number of hydrogen-bond acceptors (Lipinski definition) is 3. The van der Waals surface area contributed by atoms with Crippen molar-refractivity contribution in [3.8, 4) is 5.75 Å². The highest BCUT2D eigenvalue weighted by Gasteiger charge is 2.32. The number of allylic oxidation sites excluding steroid dienone is 2. The summed E-state index contributed by atoms with van der Waals surface area (Å²) < 4.78 is 5.69. The van der Waals surface area contributed by atoms with E-state index in [0.29, 0.717) is 12.0 Å². The Kier molecular flexibility index (Phi) is 7.90. The van der Waals surface area contributed by atoms with Crippen molar-refractivity contribution in [2.45, 2.75) is 70.8 Å². The van der Waals surface area contributed by atoms with Crippen molar-refractivity contribution in [3.63, 3.8) is 0 Å². The summed E-state index contributed by atoms with van der Waals surface area (Å²) in [6.07, 6.45) is 14.0. The molecule has 1 aromatic rings. The van der Waals surface area contributed by atoms with E-state index in [9.17, 15) is 0 Å². The van der Waals surface area contributed by atoms with E-state index in [-0.39, 0.29) is 0 Å². The lowest BCUT2D eigenvalue weighted by atomic mass is 9.93. The average Bonchev–Trinajstić information content (AvgIpc) is 3.33. The first kappa shape index (κ1) is 20.9. The van der Waals surface area contributed by atoms with E-state index in [2.05, 4.69) is 48.5 Å². The molecule has 1 saturated heterocycles. The maximum Gasteiger partial charge on any atom is 0.122 e. The number of unbranched alkanes of at least 4 members (excludes halogenated alkanes) is 2. The summed E-state index contributed by atoms with van der Waals surface area (Å²) in [4.78, 5) is 7.27. The molecule has 28 heavy (non-hydrogen) atoms. The third-order valence-corrected chi connectivity index (χ3v) is 6.12. The molecule has 2 aliphatic heterocycles. The third kappa shape index (κ3) is 5.57. The van der Waals surface area contributed by atoms with Crippen LogP contribution >= 0.6 is 0 Å². The molecule has 0 N–H and O–H groups in total. The summed E-state index contributed by atoms with van der Waals surface area (Å²) in [5, 5.41) is 0. The van der Waals surface area contributed by atoms with Gasteiger partial charge in [0.05, 0.1) is 6.61 Å². The minimum atomic E-state index is 0.649. The lowest BCUT2D eigenvalue weighted by Gasteiger charge is -2.24. The molecule has 0 saturated carbocycles. The van der Waals surface area contributed by atoms with Crippen molar-refractivity contribution in [1.29, 1.82) is 0 Å². The second-order valence-corrected chi connectivity index (χ2v) is 8.23. The minimum absolute atomic E-state index is 0.649. The van der Waals surface area contributed by atoms with Gasteiger partial charge in [0.25, 0.3) is 0 Å². The van der Waals surface area contributed by atoms with Crippen molar-refractivity contribution in [1.82, 2.24) is 4.90 Å². The number of ether oxygens (including phenoxy) is 1. The first-order valence-electron chi connectivity index (χ1n) is 11.0. The monoisotopic (exact) mass is 380 g/mol. The van der Waals surface area contributed by atoms with Crippen molar-refractivity contribution in [3.05, 3.63) is 54.3 Å². The average molecular weight is 381 g/mol. The summed E-state index contributed by atoms with van der Waals surface area (Å²) in [6, 6.07) is 7.57. The molecule has 2 heterocycles. The fourth-order valence-electron chi connectivity index (χ4n) is 4.50. The van der Waals surface area contributed by atoms with Crippen LogP contribution in [0.4, 0.5) is 0 Å². The second kappa shape index (κ2) is 10.6. The Balaban J connectivity index is 1.63. The Morgan fingerprint density at radius 2 is 2.25 bits per heavy atom. The maximum absolute atomic E-state index is 5.69. The fraction of sp³-hybridized carbons (Fsp3) is 0.560. The maximum atomic E-state index is 5.69. The van der Waals surface area contributed by atoms with E-state index in [1.165, 1.54) is 62.0 Å². The van der Waals surface area contributed by atoms with E-state index in [1.807, 2.05) is 12.3 Å². The Bertz CT molecular complexity index is 706. The topological polar surface area (TPSA) is 24.8 Å². The van der Waals surface area contributed by atoms with Crippen LogP contribution in [0.1, 0.15) is 69.4 Å². The van der Waals surface area contributed by atoms with Crippen LogP contribution in [0.5, 0.6) is 5.75 Å². The molecule has 1 fully saturated rings. The molecule has 0 spiro atoms. The van der Waals surface area contributed by atoms with Gasteiger partial charge in [-0.2, -0.15) is 0 Å². The highest BCUT2D eigenvalue weighted by Crippen LogP contribution is 2.37. The van der Waals surface area contributed by atoms with Crippen molar-refractivity contribution in [2.24, 2.45) is 4.99 Å². The largest absolute Gasteiger partial charge is 0.493 e. The van der Waals surface area contributed by atoms with Gasteiger partial charge in [-0.25, -0.2) is 0 Å². The van der Waals surface area contributed by atoms with Crippen LogP contribution in [0.25, 0.3) is 0 Å². The number of fused-ring (bicyclic) bond motifs is 1. The molecular weight excluding hydrogens is 344 g/mol. The molecule has 0 aliphatic carbocycles. The molecule has 2 atom stereocenters. The molecular formula is C25H36N2O. The van der Waals surface area contributed by atoms with Gasteiger partial charge in [-0.3, -0.25) is 9.89 Å². The predicted octanol–water partition coefficient (Wildman–Crippen LogP) is 5.91.